The maximum atomic E-state index is 12.7. The Morgan fingerprint density at radius 2 is 1.92 bits per heavy atom. The molecule has 0 radical (unpaired) electrons. The number of hydrogen-bond donors (Lipinski definition) is 1. The smallest absolute Gasteiger partial charge is 0.261 e. The van der Waals surface area contributed by atoms with E-state index in [-0.39, 0.29) is 4.90 Å². The second-order valence-electron chi connectivity index (χ2n) is 6.37. The third-order valence-electron chi connectivity index (χ3n) is 4.54. The predicted molar refractivity (Wildman–Crippen MR) is 101 cm³/mol. The normalized spacial score (nSPS) is 17.6. The Kier molecular flexibility index (Phi) is 4.99. The minimum Gasteiger partial charge on any atom is -0.306 e. The number of anilines is 1. The van der Waals surface area contributed by atoms with Gasteiger partial charge in [-0.2, -0.15) is 0 Å². The van der Waals surface area contributed by atoms with Crippen LogP contribution in [0.2, 0.25) is 0 Å². The van der Waals surface area contributed by atoms with Crippen molar-refractivity contribution < 1.29 is 8.42 Å². The van der Waals surface area contributed by atoms with Gasteiger partial charge in [0, 0.05) is 10.5 Å². The van der Waals surface area contributed by atoms with Crippen LogP contribution >= 0.6 is 15.9 Å². The molecule has 1 aliphatic rings. The van der Waals surface area contributed by atoms with Crippen molar-refractivity contribution >= 4 is 31.6 Å². The van der Waals surface area contributed by atoms with Gasteiger partial charge in [-0.05, 0) is 68.8 Å². The lowest BCUT2D eigenvalue weighted by Gasteiger charge is -2.31. The molecule has 0 spiro atoms. The molecule has 4 nitrogen and oxygen atoms in total. The van der Waals surface area contributed by atoms with E-state index >= 15 is 0 Å². The molecule has 0 aromatic heterocycles. The van der Waals surface area contributed by atoms with Gasteiger partial charge in [-0.3, -0.25) is 4.72 Å². The predicted octanol–water partition coefficient (Wildman–Crippen LogP) is 3.67. The van der Waals surface area contributed by atoms with Crippen LogP contribution in [-0.4, -0.2) is 33.5 Å². The number of hydrogen-bond acceptors (Lipinski definition) is 3. The quantitative estimate of drug-likeness (QED) is 0.839. The summed E-state index contributed by atoms with van der Waals surface area (Å²) in [6, 6.07) is 13.1. The molecule has 1 N–H and O–H groups in total. The van der Waals surface area contributed by atoms with E-state index in [9.17, 15) is 8.42 Å². The maximum Gasteiger partial charge on any atom is 0.261 e. The Morgan fingerprint density at radius 1 is 1.17 bits per heavy atom. The van der Waals surface area contributed by atoms with Gasteiger partial charge in [0.15, 0.2) is 0 Å². The highest BCUT2D eigenvalue weighted by Crippen LogP contribution is 2.31. The molecule has 1 atom stereocenters. The average molecular weight is 409 g/mol. The molecule has 128 valence electrons. The van der Waals surface area contributed by atoms with Crippen LogP contribution in [0, 0.1) is 0 Å². The highest BCUT2D eigenvalue weighted by molar-refractivity contribution is 9.10. The SMILES string of the molecule is CN(C)C1CCc2c(cccc2NS(=O)(=O)c2cccc(Br)c2)C1. The fraction of sp³-hybridized carbons (Fsp3) is 0.333. The standard InChI is InChI=1S/C18H21BrN2O2S/c1-21(2)15-9-10-17-13(11-15)5-3-8-18(17)20-24(22,23)16-7-4-6-14(19)12-16/h3-8,12,15,20H,9-11H2,1-2H3. The van der Waals surface area contributed by atoms with E-state index in [4.69, 9.17) is 0 Å². The number of likely N-dealkylation sites (N-methyl/N-ethyl adjacent to an activating group) is 1. The molecule has 0 bridgehead atoms. The van der Waals surface area contributed by atoms with E-state index in [1.807, 2.05) is 18.2 Å². The van der Waals surface area contributed by atoms with Gasteiger partial charge in [-0.1, -0.05) is 34.1 Å². The molecule has 2 aromatic rings. The molecular weight excluding hydrogens is 388 g/mol. The van der Waals surface area contributed by atoms with Gasteiger partial charge in [0.05, 0.1) is 10.6 Å². The number of rotatable bonds is 4. The molecular formula is C18H21BrN2O2S. The lowest BCUT2D eigenvalue weighted by Crippen LogP contribution is -2.33. The van der Waals surface area contributed by atoms with Gasteiger partial charge < -0.3 is 4.90 Å². The molecule has 1 unspecified atom stereocenters. The third-order valence-corrected chi connectivity index (χ3v) is 6.39. The van der Waals surface area contributed by atoms with E-state index < -0.39 is 10.0 Å². The molecule has 24 heavy (non-hydrogen) atoms. The number of nitrogens with one attached hydrogen (secondary N) is 1. The van der Waals surface area contributed by atoms with Crippen LogP contribution in [0.15, 0.2) is 51.8 Å². The zero-order chi connectivity index (χ0) is 17.3. The van der Waals surface area contributed by atoms with Crippen LogP contribution in [0.5, 0.6) is 0 Å². The first kappa shape index (κ1) is 17.5. The van der Waals surface area contributed by atoms with Crippen LogP contribution in [0.3, 0.4) is 0 Å². The average Bonchev–Trinajstić information content (AvgIpc) is 2.54. The second-order valence-corrected chi connectivity index (χ2v) is 8.96. The Labute approximate surface area is 152 Å². The molecule has 0 saturated carbocycles. The fourth-order valence-electron chi connectivity index (χ4n) is 3.16. The van der Waals surface area contributed by atoms with Gasteiger partial charge in [0.25, 0.3) is 10.0 Å². The minimum atomic E-state index is -3.59. The molecule has 0 saturated heterocycles. The first-order chi connectivity index (χ1) is 11.4. The van der Waals surface area contributed by atoms with E-state index in [0.717, 1.165) is 29.3 Å². The summed E-state index contributed by atoms with van der Waals surface area (Å²) in [5, 5.41) is 0. The second kappa shape index (κ2) is 6.86. The van der Waals surface area contributed by atoms with Crippen molar-refractivity contribution in [3.8, 4) is 0 Å². The summed E-state index contributed by atoms with van der Waals surface area (Å²) < 4.78 is 28.9. The lowest BCUT2D eigenvalue weighted by molar-refractivity contribution is 0.268. The lowest BCUT2D eigenvalue weighted by atomic mass is 9.87. The summed E-state index contributed by atoms with van der Waals surface area (Å²) in [7, 11) is 0.596. The van der Waals surface area contributed by atoms with Gasteiger partial charge in [0.1, 0.15) is 0 Å². The van der Waals surface area contributed by atoms with Crippen molar-refractivity contribution in [2.75, 3.05) is 18.8 Å². The zero-order valence-corrected chi connectivity index (χ0v) is 16.2. The summed E-state index contributed by atoms with van der Waals surface area (Å²) in [5.41, 5.74) is 3.05. The highest BCUT2D eigenvalue weighted by atomic mass is 79.9. The first-order valence-electron chi connectivity index (χ1n) is 7.92. The van der Waals surface area contributed by atoms with Gasteiger partial charge in [0.2, 0.25) is 0 Å². The highest BCUT2D eigenvalue weighted by Gasteiger charge is 2.24. The van der Waals surface area contributed by atoms with Gasteiger partial charge in [-0.25, -0.2) is 8.42 Å². The van der Waals surface area contributed by atoms with E-state index in [1.165, 1.54) is 5.56 Å². The summed E-state index contributed by atoms with van der Waals surface area (Å²) >= 11 is 3.32. The number of fused-ring (bicyclic) bond motifs is 1. The van der Waals surface area contributed by atoms with Crippen LogP contribution in [0.1, 0.15) is 17.5 Å². The van der Waals surface area contributed by atoms with Gasteiger partial charge in [-0.15, -0.1) is 0 Å². The van der Waals surface area contributed by atoms with Crippen LogP contribution in [0.4, 0.5) is 5.69 Å². The van der Waals surface area contributed by atoms with E-state index in [2.05, 4.69) is 45.7 Å². The molecule has 0 heterocycles. The molecule has 0 amide bonds. The van der Waals surface area contributed by atoms with Crippen LogP contribution in [0.25, 0.3) is 0 Å². The first-order valence-corrected chi connectivity index (χ1v) is 10.2. The fourth-order valence-corrected chi connectivity index (χ4v) is 4.85. The summed E-state index contributed by atoms with van der Waals surface area (Å²) in [6.07, 6.45) is 2.87. The number of sulfonamides is 1. The zero-order valence-electron chi connectivity index (χ0n) is 13.8. The van der Waals surface area contributed by atoms with Crippen molar-refractivity contribution in [3.05, 3.63) is 58.1 Å². The maximum absolute atomic E-state index is 12.7. The topological polar surface area (TPSA) is 49.4 Å². The molecule has 6 heteroatoms. The molecule has 0 aliphatic heterocycles. The van der Waals surface area contributed by atoms with Crippen molar-refractivity contribution in [1.82, 2.24) is 4.90 Å². The summed E-state index contributed by atoms with van der Waals surface area (Å²) in [4.78, 5) is 2.50. The van der Waals surface area contributed by atoms with Crippen molar-refractivity contribution in [2.45, 2.75) is 30.2 Å². The number of benzene rings is 2. The van der Waals surface area contributed by atoms with Crippen molar-refractivity contribution in [3.63, 3.8) is 0 Å². The van der Waals surface area contributed by atoms with Crippen molar-refractivity contribution in [2.24, 2.45) is 0 Å². The molecule has 3 rings (SSSR count). The van der Waals surface area contributed by atoms with Crippen molar-refractivity contribution in [1.29, 1.82) is 0 Å². The number of halogens is 1. The summed E-state index contributed by atoms with van der Waals surface area (Å²) in [5.74, 6) is 0. The Bertz CT molecular complexity index is 850. The summed E-state index contributed by atoms with van der Waals surface area (Å²) in [6.45, 7) is 0. The monoisotopic (exact) mass is 408 g/mol. The molecule has 2 aromatic carbocycles. The van der Waals surface area contributed by atoms with Gasteiger partial charge >= 0.3 is 0 Å². The Balaban J connectivity index is 1.91. The van der Waals surface area contributed by atoms with E-state index in [1.54, 1.807) is 18.2 Å². The third kappa shape index (κ3) is 3.66. The number of nitrogens with zero attached hydrogens (tertiary/aromatic N) is 1. The minimum absolute atomic E-state index is 0.261. The largest absolute Gasteiger partial charge is 0.306 e. The Hall–Kier alpha value is -1.37. The van der Waals surface area contributed by atoms with Crippen LogP contribution < -0.4 is 4.72 Å². The molecule has 1 aliphatic carbocycles. The Morgan fingerprint density at radius 3 is 2.62 bits per heavy atom. The van der Waals surface area contributed by atoms with Crippen LogP contribution in [-0.2, 0) is 22.9 Å². The van der Waals surface area contributed by atoms with E-state index in [0.29, 0.717) is 11.7 Å². The molecule has 0 fully saturated rings.